The second-order valence-electron chi connectivity index (χ2n) is 7.62. The fraction of sp³-hybridized carbons (Fsp3) is 0.409. The molecule has 0 saturated carbocycles. The highest BCUT2D eigenvalue weighted by Crippen LogP contribution is 2.24. The molecule has 3 rings (SSSR count). The summed E-state index contributed by atoms with van der Waals surface area (Å²) in [6.07, 6.45) is -0.481. The molecule has 2 aromatic rings. The Morgan fingerprint density at radius 3 is 2.55 bits per heavy atom. The molecule has 0 spiro atoms. The lowest BCUT2D eigenvalue weighted by molar-refractivity contribution is -0.140. The molecule has 7 heteroatoms. The molecular weight excluding hydrogens is 393 g/mol. The van der Waals surface area contributed by atoms with Gasteiger partial charge in [-0.2, -0.15) is 0 Å². The molecule has 0 aromatic heterocycles. The topological polar surface area (TPSA) is 63.7 Å². The van der Waals surface area contributed by atoms with E-state index in [1.54, 1.807) is 31.2 Å². The van der Waals surface area contributed by atoms with Gasteiger partial charge in [0.1, 0.15) is 11.6 Å². The summed E-state index contributed by atoms with van der Waals surface area (Å²) in [5.74, 6) is -0.282. The van der Waals surface area contributed by atoms with Gasteiger partial charge in [0.2, 0.25) is 0 Å². The monoisotopic (exact) mass is 419 g/mol. The highest BCUT2D eigenvalue weighted by atomic mass is 32.2. The average molecular weight is 420 g/mol. The summed E-state index contributed by atoms with van der Waals surface area (Å²) < 4.78 is 44.0. The number of rotatable bonds is 6. The van der Waals surface area contributed by atoms with Crippen LogP contribution in [-0.2, 0) is 21.2 Å². The van der Waals surface area contributed by atoms with Gasteiger partial charge in [-0.15, -0.1) is 0 Å². The molecule has 1 saturated heterocycles. The SMILES string of the molecule is Cc1ccc(OC(C)C(=O)N(Cc2ccccc2F)C2CCS(=O)(=O)C2)cc1C. The lowest BCUT2D eigenvalue weighted by Crippen LogP contribution is -2.46. The summed E-state index contributed by atoms with van der Waals surface area (Å²) in [6, 6.07) is 11.3. The number of sulfone groups is 1. The minimum atomic E-state index is -3.20. The van der Waals surface area contributed by atoms with E-state index >= 15 is 0 Å². The summed E-state index contributed by atoms with van der Waals surface area (Å²) in [6.45, 7) is 5.59. The first-order valence-corrected chi connectivity index (χ1v) is 11.5. The number of nitrogens with zero attached hydrogens (tertiary/aromatic N) is 1. The van der Waals surface area contributed by atoms with Gasteiger partial charge in [0.25, 0.3) is 5.91 Å². The Hall–Kier alpha value is -2.41. The fourth-order valence-electron chi connectivity index (χ4n) is 3.49. The molecule has 0 N–H and O–H groups in total. The normalized spacial score (nSPS) is 19.0. The molecule has 1 fully saturated rings. The molecule has 0 radical (unpaired) electrons. The number of halogens is 1. The average Bonchev–Trinajstić information content (AvgIpc) is 3.03. The Morgan fingerprint density at radius 2 is 1.93 bits per heavy atom. The van der Waals surface area contributed by atoms with Crippen molar-refractivity contribution in [1.29, 1.82) is 0 Å². The predicted molar refractivity (Wildman–Crippen MR) is 110 cm³/mol. The number of benzene rings is 2. The van der Waals surface area contributed by atoms with E-state index in [0.717, 1.165) is 11.1 Å². The first-order chi connectivity index (χ1) is 13.7. The summed E-state index contributed by atoms with van der Waals surface area (Å²) in [4.78, 5) is 14.6. The number of hydrogen-bond acceptors (Lipinski definition) is 4. The van der Waals surface area contributed by atoms with Gasteiger partial charge in [0.15, 0.2) is 15.9 Å². The van der Waals surface area contributed by atoms with Crippen LogP contribution in [0.4, 0.5) is 4.39 Å². The highest BCUT2D eigenvalue weighted by Gasteiger charge is 2.37. The number of carbonyl (C=O) groups excluding carboxylic acids is 1. The highest BCUT2D eigenvalue weighted by molar-refractivity contribution is 7.91. The van der Waals surface area contributed by atoms with Crippen LogP contribution in [0, 0.1) is 19.7 Å². The molecule has 5 nitrogen and oxygen atoms in total. The van der Waals surface area contributed by atoms with Crippen LogP contribution in [0.1, 0.15) is 30.0 Å². The summed E-state index contributed by atoms with van der Waals surface area (Å²) >= 11 is 0. The first kappa shape index (κ1) is 21.3. The Balaban J connectivity index is 1.82. The van der Waals surface area contributed by atoms with Crippen LogP contribution in [0.2, 0.25) is 0 Å². The van der Waals surface area contributed by atoms with Gasteiger partial charge in [-0.25, -0.2) is 12.8 Å². The van der Waals surface area contributed by atoms with E-state index in [1.165, 1.54) is 11.0 Å². The van der Waals surface area contributed by atoms with E-state index in [0.29, 0.717) is 17.7 Å². The van der Waals surface area contributed by atoms with Crippen LogP contribution >= 0.6 is 0 Å². The van der Waals surface area contributed by atoms with Crippen molar-refractivity contribution in [3.05, 3.63) is 65.0 Å². The summed E-state index contributed by atoms with van der Waals surface area (Å²) in [7, 11) is -3.20. The standard InChI is InChI=1S/C22H26FNO4S/c1-15-8-9-20(12-16(15)2)28-17(3)22(25)24(19-10-11-29(26,27)14-19)13-18-6-4-5-7-21(18)23/h4-9,12,17,19H,10-11,13-14H2,1-3H3. The molecule has 1 amide bonds. The second kappa shape index (κ2) is 8.53. The van der Waals surface area contributed by atoms with E-state index in [4.69, 9.17) is 4.74 Å². The van der Waals surface area contributed by atoms with Crippen LogP contribution in [0.25, 0.3) is 0 Å². The number of amides is 1. The molecule has 1 aliphatic rings. The minimum Gasteiger partial charge on any atom is -0.481 e. The fourth-order valence-corrected chi connectivity index (χ4v) is 5.22. The van der Waals surface area contributed by atoms with Crippen molar-refractivity contribution in [3.8, 4) is 5.75 Å². The first-order valence-electron chi connectivity index (χ1n) is 9.64. The zero-order valence-corrected chi connectivity index (χ0v) is 17.7. The number of carbonyl (C=O) groups is 1. The largest absolute Gasteiger partial charge is 0.481 e. The van der Waals surface area contributed by atoms with Gasteiger partial charge >= 0.3 is 0 Å². The number of aryl methyl sites for hydroxylation is 2. The van der Waals surface area contributed by atoms with Gasteiger partial charge in [-0.05, 0) is 56.5 Å². The molecule has 2 aromatic carbocycles. The third kappa shape index (κ3) is 5.15. The van der Waals surface area contributed by atoms with Gasteiger partial charge < -0.3 is 9.64 Å². The lowest BCUT2D eigenvalue weighted by atomic mass is 10.1. The van der Waals surface area contributed by atoms with Crippen molar-refractivity contribution in [2.45, 2.75) is 45.9 Å². The Labute approximate surface area is 171 Å². The smallest absolute Gasteiger partial charge is 0.263 e. The van der Waals surface area contributed by atoms with E-state index < -0.39 is 27.8 Å². The van der Waals surface area contributed by atoms with Crippen LogP contribution < -0.4 is 4.74 Å². The Morgan fingerprint density at radius 1 is 1.21 bits per heavy atom. The van der Waals surface area contributed by atoms with Crippen LogP contribution in [-0.4, -0.2) is 42.9 Å². The molecule has 2 unspecified atom stereocenters. The second-order valence-corrected chi connectivity index (χ2v) is 9.85. The van der Waals surface area contributed by atoms with E-state index in [1.807, 2.05) is 26.0 Å². The number of hydrogen-bond donors (Lipinski definition) is 0. The van der Waals surface area contributed by atoms with E-state index in [-0.39, 0.29) is 24.0 Å². The maximum absolute atomic E-state index is 14.2. The Bertz CT molecular complexity index is 1010. The van der Waals surface area contributed by atoms with Crippen molar-refractivity contribution < 1.29 is 22.3 Å². The maximum atomic E-state index is 14.2. The van der Waals surface area contributed by atoms with Crippen molar-refractivity contribution >= 4 is 15.7 Å². The molecule has 1 aliphatic heterocycles. The van der Waals surface area contributed by atoms with Crippen LogP contribution in [0.15, 0.2) is 42.5 Å². The summed E-state index contributed by atoms with van der Waals surface area (Å²) in [5.41, 5.74) is 2.52. The number of ether oxygens (including phenoxy) is 1. The van der Waals surface area contributed by atoms with Gasteiger partial charge in [0, 0.05) is 18.2 Å². The van der Waals surface area contributed by atoms with Crippen LogP contribution in [0.3, 0.4) is 0 Å². The van der Waals surface area contributed by atoms with E-state index in [9.17, 15) is 17.6 Å². The zero-order valence-electron chi connectivity index (χ0n) is 16.9. The molecule has 2 atom stereocenters. The third-order valence-corrected chi connectivity index (χ3v) is 7.12. The minimum absolute atomic E-state index is 0.00627. The van der Waals surface area contributed by atoms with Gasteiger partial charge in [0.05, 0.1) is 11.5 Å². The zero-order chi connectivity index (χ0) is 21.2. The van der Waals surface area contributed by atoms with Gasteiger partial charge in [-0.1, -0.05) is 24.3 Å². The van der Waals surface area contributed by atoms with Gasteiger partial charge in [-0.3, -0.25) is 4.79 Å². The molecular formula is C22H26FNO4S. The van der Waals surface area contributed by atoms with Crippen molar-refractivity contribution in [2.75, 3.05) is 11.5 Å². The Kier molecular flexibility index (Phi) is 6.27. The molecule has 0 bridgehead atoms. The van der Waals surface area contributed by atoms with Crippen LogP contribution in [0.5, 0.6) is 5.75 Å². The molecule has 0 aliphatic carbocycles. The summed E-state index contributed by atoms with van der Waals surface area (Å²) in [5, 5.41) is 0. The molecule has 1 heterocycles. The third-order valence-electron chi connectivity index (χ3n) is 5.37. The lowest BCUT2D eigenvalue weighted by Gasteiger charge is -2.31. The van der Waals surface area contributed by atoms with E-state index in [2.05, 4.69) is 0 Å². The van der Waals surface area contributed by atoms with Crippen molar-refractivity contribution in [3.63, 3.8) is 0 Å². The predicted octanol–water partition coefficient (Wildman–Crippen LogP) is 3.43. The molecule has 29 heavy (non-hydrogen) atoms. The van der Waals surface area contributed by atoms with Crippen molar-refractivity contribution in [2.24, 2.45) is 0 Å². The van der Waals surface area contributed by atoms with Crippen molar-refractivity contribution in [1.82, 2.24) is 4.90 Å². The molecule has 156 valence electrons. The maximum Gasteiger partial charge on any atom is 0.263 e. The quantitative estimate of drug-likeness (QED) is 0.720.